The summed E-state index contributed by atoms with van der Waals surface area (Å²) in [4.78, 5) is 8.72. The fraction of sp³-hybridized carbons (Fsp3) is 0. The first-order chi connectivity index (χ1) is 13.2. The highest BCUT2D eigenvalue weighted by Crippen LogP contribution is 2.20. The molecule has 0 fully saturated rings. The second kappa shape index (κ2) is 7.06. The molecule has 2 aromatic heterocycles. The second-order valence-electron chi connectivity index (χ2n) is 5.73. The Hall–Kier alpha value is -4.05. The average molecular weight is 356 g/mol. The molecule has 7 heteroatoms. The van der Waals surface area contributed by atoms with Crippen LogP contribution < -0.4 is 5.32 Å². The molecular weight excluding hydrogens is 343 g/mol. The monoisotopic (exact) mass is 356 g/mol. The molecule has 1 N–H and O–H groups in total. The number of nitriles is 1. The summed E-state index contributed by atoms with van der Waals surface area (Å²) < 4.78 is 14.7. The number of nitrogens with one attached hydrogen (secondary N) is 1. The van der Waals surface area contributed by atoms with Crippen LogP contribution in [-0.4, -0.2) is 19.7 Å². The van der Waals surface area contributed by atoms with E-state index in [9.17, 15) is 4.39 Å². The molecule has 4 aromatic rings. The van der Waals surface area contributed by atoms with Gasteiger partial charge < -0.3 is 5.32 Å². The molecule has 0 saturated carbocycles. The molecule has 0 radical (unpaired) electrons. The lowest BCUT2D eigenvalue weighted by Crippen LogP contribution is -1.97. The maximum absolute atomic E-state index is 13.1. The third kappa shape index (κ3) is 3.65. The molecule has 0 spiro atoms. The van der Waals surface area contributed by atoms with E-state index in [4.69, 9.17) is 5.26 Å². The van der Waals surface area contributed by atoms with Crippen molar-refractivity contribution in [1.82, 2.24) is 19.7 Å². The van der Waals surface area contributed by atoms with Crippen LogP contribution in [0.1, 0.15) is 5.56 Å². The minimum atomic E-state index is -0.291. The topological polar surface area (TPSA) is 79.4 Å². The summed E-state index contributed by atoms with van der Waals surface area (Å²) >= 11 is 0. The molecule has 6 nitrogen and oxygen atoms in total. The Morgan fingerprint density at radius 3 is 2.52 bits per heavy atom. The van der Waals surface area contributed by atoms with Gasteiger partial charge in [0, 0.05) is 23.6 Å². The zero-order valence-electron chi connectivity index (χ0n) is 14.0. The largest absolute Gasteiger partial charge is 0.324 e. The molecule has 0 aliphatic carbocycles. The van der Waals surface area contributed by atoms with E-state index in [2.05, 4.69) is 26.5 Å². The Morgan fingerprint density at radius 1 is 1.00 bits per heavy atom. The van der Waals surface area contributed by atoms with Gasteiger partial charge in [0.1, 0.15) is 5.82 Å². The predicted octanol–water partition coefficient (Wildman–Crippen LogP) is 4.08. The molecule has 0 aliphatic rings. The number of halogens is 1. The van der Waals surface area contributed by atoms with E-state index in [1.165, 1.54) is 12.1 Å². The molecule has 130 valence electrons. The van der Waals surface area contributed by atoms with Crippen molar-refractivity contribution >= 4 is 11.6 Å². The van der Waals surface area contributed by atoms with Crippen molar-refractivity contribution < 1.29 is 4.39 Å². The highest BCUT2D eigenvalue weighted by Gasteiger charge is 2.07. The van der Waals surface area contributed by atoms with Crippen LogP contribution in [0.15, 0.2) is 73.2 Å². The number of hydrogen-bond acceptors (Lipinski definition) is 5. The Kier molecular flexibility index (Phi) is 4.29. The van der Waals surface area contributed by atoms with Crippen LogP contribution in [0.3, 0.4) is 0 Å². The van der Waals surface area contributed by atoms with Crippen molar-refractivity contribution in [2.75, 3.05) is 5.32 Å². The lowest BCUT2D eigenvalue weighted by Gasteiger charge is -2.05. The van der Waals surface area contributed by atoms with Crippen LogP contribution in [-0.2, 0) is 0 Å². The summed E-state index contributed by atoms with van der Waals surface area (Å²) in [5.74, 6) is 0.146. The molecule has 0 bridgehead atoms. The number of rotatable bonds is 4. The Morgan fingerprint density at radius 2 is 1.78 bits per heavy atom. The molecule has 27 heavy (non-hydrogen) atoms. The van der Waals surface area contributed by atoms with Gasteiger partial charge in [0.25, 0.3) is 0 Å². The summed E-state index contributed by atoms with van der Waals surface area (Å²) in [6, 6.07) is 17.0. The Balaban J connectivity index is 1.57. The first-order valence-electron chi connectivity index (χ1n) is 8.12. The van der Waals surface area contributed by atoms with Crippen molar-refractivity contribution in [1.29, 1.82) is 5.26 Å². The third-order valence-corrected chi connectivity index (χ3v) is 3.90. The molecule has 0 amide bonds. The van der Waals surface area contributed by atoms with E-state index in [0.29, 0.717) is 17.2 Å². The molecular formula is C20H13FN6. The first-order valence-corrected chi connectivity index (χ1v) is 8.12. The number of benzene rings is 2. The van der Waals surface area contributed by atoms with E-state index in [1.807, 2.05) is 6.20 Å². The smallest absolute Gasteiger partial charge is 0.227 e. The third-order valence-electron chi connectivity index (χ3n) is 3.90. The van der Waals surface area contributed by atoms with Gasteiger partial charge in [0.15, 0.2) is 0 Å². The highest BCUT2D eigenvalue weighted by atomic mass is 19.1. The van der Waals surface area contributed by atoms with E-state index in [-0.39, 0.29) is 5.82 Å². The van der Waals surface area contributed by atoms with Gasteiger partial charge in [-0.25, -0.2) is 19.0 Å². The summed E-state index contributed by atoms with van der Waals surface area (Å²) in [6.45, 7) is 0. The van der Waals surface area contributed by atoms with Gasteiger partial charge in [0.2, 0.25) is 5.95 Å². The van der Waals surface area contributed by atoms with Gasteiger partial charge in [-0.3, -0.25) is 0 Å². The summed E-state index contributed by atoms with van der Waals surface area (Å²) in [5, 5.41) is 16.3. The van der Waals surface area contributed by atoms with E-state index >= 15 is 0 Å². The standard InChI is InChI=1S/C20H13FN6/c21-16-3-7-18(8-4-16)27-13-15(12-24-27)19-9-10-23-20(26-19)25-17-5-1-14(11-22)2-6-17/h1-10,12-13H,(H,23,25,26). The van der Waals surface area contributed by atoms with Gasteiger partial charge in [-0.2, -0.15) is 10.4 Å². The van der Waals surface area contributed by atoms with Crippen LogP contribution in [0.4, 0.5) is 16.0 Å². The SMILES string of the molecule is N#Cc1ccc(Nc2nccc(-c3cnn(-c4ccc(F)cc4)c3)n2)cc1. The van der Waals surface area contributed by atoms with Crippen molar-refractivity contribution in [3.63, 3.8) is 0 Å². The minimum absolute atomic E-state index is 0.291. The molecule has 2 aromatic carbocycles. The molecule has 0 aliphatic heterocycles. The van der Waals surface area contributed by atoms with Gasteiger partial charge in [-0.1, -0.05) is 0 Å². The second-order valence-corrected chi connectivity index (χ2v) is 5.73. The number of nitrogens with zero attached hydrogens (tertiary/aromatic N) is 5. The normalized spacial score (nSPS) is 10.4. The number of aromatic nitrogens is 4. The van der Waals surface area contributed by atoms with E-state index < -0.39 is 0 Å². The highest BCUT2D eigenvalue weighted by molar-refractivity contribution is 5.61. The fourth-order valence-corrected chi connectivity index (χ4v) is 2.53. The first kappa shape index (κ1) is 16.4. The van der Waals surface area contributed by atoms with Crippen molar-refractivity contribution in [2.24, 2.45) is 0 Å². The van der Waals surface area contributed by atoms with Crippen LogP contribution >= 0.6 is 0 Å². The fourth-order valence-electron chi connectivity index (χ4n) is 2.53. The van der Waals surface area contributed by atoms with Gasteiger partial charge in [0.05, 0.1) is 29.2 Å². The number of anilines is 2. The predicted molar refractivity (Wildman–Crippen MR) is 99.0 cm³/mol. The molecule has 2 heterocycles. The van der Waals surface area contributed by atoms with Gasteiger partial charge in [-0.15, -0.1) is 0 Å². The van der Waals surface area contributed by atoms with Crippen LogP contribution in [0.25, 0.3) is 16.9 Å². The quantitative estimate of drug-likeness (QED) is 0.596. The molecule has 0 atom stereocenters. The van der Waals surface area contributed by atoms with E-state index in [0.717, 1.165) is 16.9 Å². The Bertz CT molecular complexity index is 1110. The van der Waals surface area contributed by atoms with Crippen LogP contribution in [0, 0.1) is 17.1 Å². The van der Waals surface area contributed by atoms with Gasteiger partial charge in [-0.05, 0) is 54.6 Å². The summed E-state index contributed by atoms with van der Waals surface area (Å²) in [6.07, 6.45) is 5.17. The van der Waals surface area contributed by atoms with E-state index in [1.54, 1.807) is 59.5 Å². The van der Waals surface area contributed by atoms with Crippen molar-refractivity contribution in [3.05, 3.63) is 84.6 Å². The van der Waals surface area contributed by atoms with Crippen molar-refractivity contribution in [2.45, 2.75) is 0 Å². The zero-order chi connectivity index (χ0) is 18.6. The maximum atomic E-state index is 13.1. The lowest BCUT2D eigenvalue weighted by molar-refractivity contribution is 0.627. The molecule has 0 saturated heterocycles. The minimum Gasteiger partial charge on any atom is -0.324 e. The number of hydrogen-bond donors (Lipinski definition) is 1. The molecule has 4 rings (SSSR count). The summed E-state index contributed by atoms with van der Waals surface area (Å²) in [7, 11) is 0. The zero-order valence-corrected chi connectivity index (χ0v) is 14.0. The summed E-state index contributed by atoms with van der Waals surface area (Å²) in [5.41, 5.74) is 3.64. The van der Waals surface area contributed by atoms with Gasteiger partial charge >= 0.3 is 0 Å². The Labute approximate surface area is 154 Å². The maximum Gasteiger partial charge on any atom is 0.227 e. The molecule has 0 unspecified atom stereocenters. The average Bonchev–Trinajstić information content (AvgIpc) is 3.20. The van der Waals surface area contributed by atoms with Crippen LogP contribution in [0.2, 0.25) is 0 Å². The van der Waals surface area contributed by atoms with Crippen LogP contribution in [0.5, 0.6) is 0 Å². The lowest BCUT2D eigenvalue weighted by atomic mass is 10.2. The van der Waals surface area contributed by atoms with Crippen molar-refractivity contribution in [3.8, 4) is 23.0 Å².